The Kier molecular flexibility index (Phi) is 4.17. The van der Waals surface area contributed by atoms with Crippen molar-refractivity contribution in [3.05, 3.63) is 32.8 Å². The second-order valence-corrected chi connectivity index (χ2v) is 6.85. The molecule has 1 aromatic rings. The van der Waals surface area contributed by atoms with Crippen LogP contribution in [-0.2, 0) is 0 Å². The third-order valence-corrected chi connectivity index (χ3v) is 5.48. The van der Waals surface area contributed by atoms with E-state index in [0.717, 1.165) is 18.5 Å². The molecule has 3 rings (SSSR count). The Bertz CT molecular complexity index is 538. The Labute approximate surface area is 133 Å². The monoisotopic (exact) mass is 353 g/mol. The van der Waals surface area contributed by atoms with Gasteiger partial charge < -0.3 is 10.2 Å². The quantitative estimate of drug-likeness (QED) is 0.667. The first-order valence-electron chi connectivity index (χ1n) is 7.49. The van der Waals surface area contributed by atoms with Crippen LogP contribution in [0.2, 0.25) is 0 Å². The smallest absolute Gasteiger partial charge is 0.285 e. The third kappa shape index (κ3) is 2.79. The first kappa shape index (κ1) is 14.8. The molecule has 2 saturated heterocycles. The van der Waals surface area contributed by atoms with Crippen LogP contribution in [0, 0.1) is 10.1 Å². The average molecular weight is 354 g/mol. The van der Waals surface area contributed by atoms with E-state index in [9.17, 15) is 10.1 Å². The molecule has 2 aliphatic rings. The van der Waals surface area contributed by atoms with Gasteiger partial charge in [-0.2, -0.15) is 0 Å². The maximum atomic E-state index is 11.1. The second kappa shape index (κ2) is 5.93. The molecule has 2 aliphatic heterocycles. The molecule has 1 N–H and O–H groups in total. The van der Waals surface area contributed by atoms with Gasteiger partial charge in [0.2, 0.25) is 0 Å². The van der Waals surface area contributed by atoms with E-state index in [-0.39, 0.29) is 10.6 Å². The number of hydrogen-bond acceptors (Lipinski definition) is 4. The number of nitrogens with one attached hydrogen (secondary N) is 1. The standard InChI is InChI=1S/C15H20BrN3O2/c1-17-10-7-11-3-2-4-12(8-10)18(11)13-5-6-14(16)15(9-13)19(20)21/h5-6,9-12,17H,2-4,7-8H2,1H3. The molecule has 2 unspecified atom stereocenters. The number of nitro benzene ring substituents is 1. The predicted molar refractivity (Wildman–Crippen MR) is 86.8 cm³/mol. The van der Waals surface area contributed by atoms with Crippen molar-refractivity contribution < 1.29 is 4.92 Å². The van der Waals surface area contributed by atoms with Crippen molar-refractivity contribution in [3.63, 3.8) is 0 Å². The summed E-state index contributed by atoms with van der Waals surface area (Å²) >= 11 is 3.27. The van der Waals surface area contributed by atoms with Crippen molar-refractivity contribution in [2.45, 2.75) is 50.2 Å². The topological polar surface area (TPSA) is 58.4 Å². The van der Waals surface area contributed by atoms with Crippen molar-refractivity contribution in [2.75, 3.05) is 11.9 Å². The lowest BCUT2D eigenvalue weighted by Gasteiger charge is -2.50. The van der Waals surface area contributed by atoms with Gasteiger partial charge >= 0.3 is 0 Å². The van der Waals surface area contributed by atoms with Crippen LogP contribution in [-0.4, -0.2) is 30.1 Å². The highest BCUT2D eigenvalue weighted by Gasteiger charge is 2.38. The largest absolute Gasteiger partial charge is 0.365 e. The minimum Gasteiger partial charge on any atom is -0.365 e. The number of nitrogens with zero attached hydrogens (tertiary/aromatic N) is 2. The number of fused-ring (bicyclic) bond motifs is 2. The molecule has 0 radical (unpaired) electrons. The number of halogens is 1. The van der Waals surface area contributed by atoms with E-state index < -0.39 is 0 Å². The van der Waals surface area contributed by atoms with E-state index in [1.54, 1.807) is 12.1 Å². The zero-order chi connectivity index (χ0) is 15.0. The maximum absolute atomic E-state index is 11.1. The van der Waals surface area contributed by atoms with E-state index >= 15 is 0 Å². The van der Waals surface area contributed by atoms with Crippen molar-refractivity contribution >= 4 is 27.3 Å². The highest BCUT2D eigenvalue weighted by atomic mass is 79.9. The molecule has 2 atom stereocenters. The number of benzene rings is 1. The van der Waals surface area contributed by atoms with Gasteiger partial charge in [0.1, 0.15) is 0 Å². The van der Waals surface area contributed by atoms with E-state index in [1.165, 1.54) is 19.3 Å². The molecule has 2 bridgehead atoms. The molecule has 0 spiro atoms. The van der Waals surface area contributed by atoms with Crippen LogP contribution < -0.4 is 10.2 Å². The van der Waals surface area contributed by atoms with E-state index in [0.29, 0.717) is 22.6 Å². The first-order valence-corrected chi connectivity index (χ1v) is 8.29. The fraction of sp³-hybridized carbons (Fsp3) is 0.600. The molecular formula is C15H20BrN3O2. The Morgan fingerprint density at radius 1 is 1.33 bits per heavy atom. The molecular weight excluding hydrogens is 334 g/mol. The van der Waals surface area contributed by atoms with Crippen LogP contribution in [0.15, 0.2) is 22.7 Å². The summed E-state index contributed by atoms with van der Waals surface area (Å²) in [6, 6.07) is 7.08. The van der Waals surface area contributed by atoms with Gasteiger partial charge in [-0.3, -0.25) is 10.1 Å². The van der Waals surface area contributed by atoms with Gasteiger partial charge in [0, 0.05) is 29.9 Å². The molecule has 1 aromatic carbocycles. The molecule has 114 valence electrons. The molecule has 21 heavy (non-hydrogen) atoms. The molecule has 2 fully saturated rings. The van der Waals surface area contributed by atoms with Crippen LogP contribution >= 0.6 is 15.9 Å². The number of rotatable bonds is 3. The zero-order valence-corrected chi connectivity index (χ0v) is 13.7. The van der Waals surface area contributed by atoms with Crippen LogP contribution in [0.4, 0.5) is 11.4 Å². The van der Waals surface area contributed by atoms with Crippen molar-refractivity contribution in [2.24, 2.45) is 0 Å². The summed E-state index contributed by atoms with van der Waals surface area (Å²) in [7, 11) is 2.03. The van der Waals surface area contributed by atoms with Crippen molar-refractivity contribution in [3.8, 4) is 0 Å². The van der Waals surface area contributed by atoms with E-state index in [4.69, 9.17) is 0 Å². The van der Waals surface area contributed by atoms with Crippen LogP contribution in [0.25, 0.3) is 0 Å². The molecule has 2 heterocycles. The Morgan fingerprint density at radius 2 is 2.00 bits per heavy atom. The lowest BCUT2D eigenvalue weighted by Crippen LogP contribution is -2.56. The lowest BCUT2D eigenvalue weighted by molar-refractivity contribution is -0.385. The van der Waals surface area contributed by atoms with Crippen molar-refractivity contribution in [1.82, 2.24) is 5.32 Å². The highest BCUT2D eigenvalue weighted by Crippen LogP contribution is 2.40. The fourth-order valence-corrected chi connectivity index (χ4v) is 4.23. The average Bonchev–Trinajstić information content (AvgIpc) is 2.46. The number of anilines is 1. The lowest BCUT2D eigenvalue weighted by atomic mass is 9.81. The summed E-state index contributed by atoms with van der Waals surface area (Å²) in [4.78, 5) is 13.3. The molecule has 6 heteroatoms. The minimum atomic E-state index is -0.316. The Balaban J connectivity index is 1.93. The van der Waals surface area contributed by atoms with Crippen LogP contribution in [0.3, 0.4) is 0 Å². The van der Waals surface area contributed by atoms with E-state index in [1.807, 2.05) is 13.1 Å². The molecule has 5 nitrogen and oxygen atoms in total. The summed E-state index contributed by atoms with van der Waals surface area (Å²) in [6.45, 7) is 0. The highest BCUT2D eigenvalue weighted by molar-refractivity contribution is 9.10. The predicted octanol–water partition coefficient (Wildman–Crippen LogP) is 3.47. The van der Waals surface area contributed by atoms with Gasteiger partial charge in [0.05, 0.1) is 9.40 Å². The van der Waals surface area contributed by atoms with E-state index in [2.05, 4.69) is 26.1 Å². The third-order valence-electron chi connectivity index (χ3n) is 4.81. The molecule has 0 amide bonds. The van der Waals surface area contributed by atoms with Gasteiger partial charge in [0.25, 0.3) is 5.69 Å². The second-order valence-electron chi connectivity index (χ2n) is 6.00. The van der Waals surface area contributed by atoms with Gasteiger partial charge in [-0.25, -0.2) is 0 Å². The Morgan fingerprint density at radius 3 is 2.57 bits per heavy atom. The Hall–Kier alpha value is -1.14. The summed E-state index contributed by atoms with van der Waals surface area (Å²) in [6.07, 6.45) is 5.87. The summed E-state index contributed by atoms with van der Waals surface area (Å²) < 4.78 is 0.548. The summed E-state index contributed by atoms with van der Waals surface area (Å²) in [5.74, 6) is 0. The van der Waals surface area contributed by atoms with Gasteiger partial charge in [-0.15, -0.1) is 0 Å². The molecule has 0 aliphatic carbocycles. The number of hydrogen-bond donors (Lipinski definition) is 1. The van der Waals surface area contributed by atoms with Crippen LogP contribution in [0.5, 0.6) is 0 Å². The number of nitro groups is 1. The first-order chi connectivity index (χ1) is 10.1. The normalized spacial score (nSPS) is 28.5. The van der Waals surface area contributed by atoms with Gasteiger partial charge in [0.15, 0.2) is 0 Å². The minimum absolute atomic E-state index is 0.154. The number of piperidine rings is 2. The van der Waals surface area contributed by atoms with Gasteiger partial charge in [-0.05, 0) is 67.2 Å². The van der Waals surface area contributed by atoms with Gasteiger partial charge in [-0.1, -0.05) is 0 Å². The fourth-order valence-electron chi connectivity index (χ4n) is 3.84. The maximum Gasteiger partial charge on any atom is 0.285 e. The molecule has 0 aromatic heterocycles. The van der Waals surface area contributed by atoms with Crippen molar-refractivity contribution in [1.29, 1.82) is 0 Å². The zero-order valence-electron chi connectivity index (χ0n) is 12.1. The summed E-state index contributed by atoms with van der Waals surface area (Å²) in [5.41, 5.74) is 1.15. The summed E-state index contributed by atoms with van der Waals surface area (Å²) in [5, 5.41) is 14.5. The van der Waals surface area contributed by atoms with Crippen LogP contribution in [0.1, 0.15) is 32.1 Å². The SMILES string of the molecule is CNC1CC2CCCC(C1)N2c1ccc(Br)c([N+](=O)[O-])c1. The molecule has 0 saturated carbocycles.